The predicted molar refractivity (Wildman–Crippen MR) is 177 cm³/mol. The summed E-state index contributed by atoms with van der Waals surface area (Å²) in [7, 11) is 0. The molecule has 0 saturated heterocycles. The number of allylic oxidation sites excluding steroid dienone is 8. The lowest BCUT2D eigenvalue weighted by Gasteiger charge is -2.11. The third-order valence-corrected chi connectivity index (χ3v) is 7.14. The first-order valence-corrected chi connectivity index (χ1v) is 13.4. The molecule has 4 nitrogen and oxygen atoms in total. The molecule has 4 N–H and O–H groups in total. The summed E-state index contributed by atoms with van der Waals surface area (Å²) in [4.78, 5) is 0. The van der Waals surface area contributed by atoms with Gasteiger partial charge in [0, 0.05) is 40.0 Å². The minimum absolute atomic E-state index is 0.571. The van der Waals surface area contributed by atoms with Gasteiger partial charge in [-0.15, -0.1) is 0 Å². The molecule has 1 heterocycles. The van der Waals surface area contributed by atoms with Crippen molar-refractivity contribution in [2.45, 2.75) is 6.42 Å². The van der Waals surface area contributed by atoms with Gasteiger partial charge in [0.15, 0.2) is 0 Å². The normalized spacial score (nSPS) is 12.6. The molecule has 5 aromatic rings. The van der Waals surface area contributed by atoms with Crippen molar-refractivity contribution in [3.8, 4) is 5.69 Å². The first-order chi connectivity index (χ1) is 20.0. The average Bonchev–Trinajstić information content (AvgIpc) is 3.34. The van der Waals surface area contributed by atoms with Crippen molar-refractivity contribution in [2.24, 2.45) is 5.73 Å². The van der Waals surface area contributed by atoms with Crippen LogP contribution in [-0.2, 0) is 6.42 Å². The van der Waals surface area contributed by atoms with Crippen LogP contribution in [0.15, 0.2) is 146 Å². The Bertz CT molecular complexity index is 1930. The van der Waals surface area contributed by atoms with Crippen LogP contribution in [0.2, 0.25) is 0 Å². The molecule has 0 radical (unpaired) electrons. The number of rotatable bonds is 10. The van der Waals surface area contributed by atoms with E-state index in [1.807, 2.05) is 24.3 Å². The standard InChI is InChI=1S/C37H32N4/c1-3-10-30(25-39)28-17-20-32-29(24-28)18-21-34-33-19-16-27(12-7-8-15-35(40)26(2)11-9-22-38)23-36(33)41(37(32)34)31-13-5-4-6-14-31/h3-11,13-25,38-39H,1-2,12,40H2/b8-7-,11-9-,30-10+,35-15-,38-22?,39-25?. The Morgan fingerprint density at radius 3 is 2.39 bits per heavy atom. The molecule has 5 rings (SSSR count). The monoisotopic (exact) mass is 532 g/mol. The average molecular weight is 533 g/mol. The summed E-state index contributed by atoms with van der Waals surface area (Å²) in [5.41, 5.74) is 13.8. The molecule has 0 atom stereocenters. The Kier molecular flexibility index (Phi) is 8.03. The van der Waals surface area contributed by atoms with Crippen LogP contribution in [0.4, 0.5) is 0 Å². The zero-order chi connectivity index (χ0) is 28.8. The van der Waals surface area contributed by atoms with Crippen LogP contribution in [0.25, 0.3) is 43.8 Å². The molecule has 0 saturated carbocycles. The molecule has 0 aliphatic carbocycles. The summed E-state index contributed by atoms with van der Waals surface area (Å²) in [6.07, 6.45) is 16.1. The Balaban J connectivity index is 1.63. The summed E-state index contributed by atoms with van der Waals surface area (Å²) in [5.74, 6) is 0. The maximum absolute atomic E-state index is 7.83. The number of para-hydroxylation sites is 1. The van der Waals surface area contributed by atoms with Crippen molar-refractivity contribution < 1.29 is 0 Å². The van der Waals surface area contributed by atoms with Crippen molar-refractivity contribution in [3.05, 3.63) is 157 Å². The first kappa shape index (κ1) is 27.1. The maximum atomic E-state index is 7.83. The van der Waals surface area contributed by atoms with E-state index in [1.54, 1.807) is 18.2 Å². The zero-order valence-electron chi connectivity index (χ0n) is 22.8. The number of nitrogens with two attached hydrogens (primary N) is 1. The van der Waals surface area contributed by atoms with E-state index in [1.165, 1.54) is 34.3 Å². The Morgan fingerprint density at radius 1 is 0.854 bits per heavy atom. The van der Waals surface area contributed by atoms with Gasteiger partial charge in [-0.3, -0.25) is 0 Å². The summed E-state index contributed by atoms with van der Waals surface area (Å²) < 4.78 is 2.36. The highest BCUT2D eigenvalue weighted by molar-refractivity contribution is 6.19. The van der Waals surface area contributed by atoms with Crippen LogP contribution < -0.4 is 5.73 Å². The molecule has 0 aliphatic heterocycles. The number of fused-ring (bicyclic) bond motifs is 5. The second kappa shape index (κ2) is 12.1. The van der Waals surface area contributed by atoms with Gasteiger partial charge in [-0.05, 0) is 70.5 Å². The number of nitrogens with one attached hydrogen (secondary N) is 2. The molecule has 200 valence electrons. The Morgan fingerprint density at radius 2 is 1.63 bits per heavy atom. The number of aromatic nitrogens is 1. The number of hydrogen-bond donors (Lipinski definition) is 3. The fourth-order valence-electron chi connectivity index (χ4n) is 5.13. The highest BCUT2D eigenvalue weighted by Crippen LogP contribution is 2.37. The summed E-state index contributed by atoms with van der Waals surface area (Å²) in [5, 5.41) is 19.6. The lowest BCUT2D eigenvalue weighted by Crippen LogP contribution is -1.97. The maximum Gasteiger partial charge on any atom is 0.0619 e. The van der Waals surface area contributed by atoms with Crippen LogP contribution >= 0.6 is 0 Å². The van der Waals surface area contributed by atoms with E-state index in [2.05, 4.69) is 96.6 Å². The highest BCUT2D eigenvalue weighted by atomic mass is 15.0. The molecule has 0 aliphatic rings. The quantitative estimate of drug-likeness (QED) is 0.122. The van der Waals surface area contributed by atoms with E-state index >= 15 is 0 Å². The number of benzene rings is 4. The van der Waals surface area contributed by atoms with Crippen molar-refractivity contribution in [3.63, 3.8) is 0 Å². The lowest BCUT2D eigenvalue weighted by atomic mass is 9.99. The van der Waals surface area contributed by atoms with E-state index in [4.69, 9.17) is 16.6 Å². The van der Waals surface area contributed by atoms with E-state index in [0.29, 0.717) is 11.3 Å². The molecule has 0 amide bonds. The smallest absolute Gasteiger partial charge is 0.0619 e. The summed E-state index contributed by atoms with van der Waals surface area (Å²) in [6.45, 7) is 7.73. The van der Waals surface area contributed by atoms with Gasteiger partial charge in [0.1, 0.15) is 0 Å². The van der Waals surface area contributed by atoms with Gasteiger partial charge in [0.2, 0.25) is 0 Å². The van der Waals surface area contributed by atoms with Crippen molar-refractivity contribution in [2.75, 3.05) is 0 Å². The van der Waals surface area contributed by atoms with Gasteiger partial charge < -0.3 is 21.1 Å². The fourth-order valence-corrected chi connectivity index (χ4v) is 5.13. The van der Waals surface area contributed by atoms with Crippen LogP contribution in [0.5, 0.6) is 0 Å². The largest absolute Gasteiger partial charge is 0.398 e. The Labute approximate surface area is 240 Å². The van der Waals surface area contributed by atoms with Crippen LogP contribution in [0, 0.1) is 10.8 Å². The molecule has 0 bridgehead atoms. The molecule has 0 fully saturated rings. The highest BCUT2D eigenvalue weighted by Gasteiger charge is 2.16. The van der Waals surface area contributed by atoms with E-state index in [-0.39, 0.29) is 0 Å². The van der Waals surface area contributed by atoms with Gasteiger partial charge in [-0.25, -0.2) is 0 Å². The predicted octanol–water partition coefficient (Wildman–Crippen LogP) is 8.86. The molecule has 4 heteroatoms. The molecule has 41 heavy (non-hydrogen) atoms. The number of nitrogens with zero attached hydrogens (tertiary/aromatic N) is 1. The number of hydrogen-bond acceptors (Lipinski definition) is 3. The third kappa shape index (κ3) is 5.49. The summed E-state index contributed by atoms with van der Waals surface area (Å²) in [6, 6.07) is 27.9. The van der Waals surface area contributed by atoms with Crippen LogP contribution in [0.3, 0.4) is 0 Å². The van der Waals surface area contributed by atoms with Crippen LogP contribution in [-0.4, -0.2) is 17.0 Å². The fraction of sp³-hybridized carbons (Fsp3) is 0.0270. The topological polar surface area (TPSA) is 78.7 Å². The second-order valence-corrected chi connectivity index (χ2v) is 9.73. The summed E-state index contributed by atoms with van der Waals surface area (Å²) >= 11 is 0. The van der Waals surface area contributed by atoms with Crippen molar-refractivity contribution in [1.29, 1.82) is 10.8 Å². The van der Waals surface area contributed by atoms with Gasteiger partial charge in [0.25, 0.3) is 0 Å². The van der Waals surface area contributed by atoms with Crippen LogP contribution in [0.1, 0.15) is 11.1 Å². The van der Waals surface area contributed by atoms with Crippen molar-refractivity contribution >= 4 is 50.6 Å². The lowest BCUT2D eigenvalue weighted by molar-refractivity contribution is 1.18. The van der Waals surface area contributed by atoms with E-state index in [9.17, 15) is 0 Å². The van der Waals surface area contributed by atoms with Gasteiger partial charge >= 0.3 is 0 Å². The minimum Gasteiger partial charge on any atom is -0.398 e. The third-order valence-electron chi connectivity index (χ3n) is 7.14. The van der Waals surface area contributed by atoms with Gasteiger partial charge in [0.05, 0.1) is 11.0 Å². The van der Waals surface area contributed by atoms with Gasteiger partial charge in [-0.1, -0.05) is 98.1 Å². The Hall–Kier alpha value is -5.48. The molecule has 0 unspecified atom stereocenters. The van der Waals surface area contributed by atoms with E-state index in [0.717, 1.165) is 39.5 Å². The molecule has 1 aromatic heterocycles. The van der Waals surface area contributed by atoms with Crippen molar-refractivity contribution in [1.82, 2.24) is 4.57 Å². The molecular formula is C37H32N4. The molecular weight excluding hydrogens is 500 g/mol. The SMILES string of the molecule is C=C/C=C(\C=N)c1ccc2c(ccc3c4ccc(C/C=C\C=C(/N)C(=C)/C=C\C=N)cc4n(-c4ccccc4)c23)c1. The molecule has 4 aromatic carbocycles. The minimum atomic E-state index is 0.571. The molecule has 0 spiro atoms. The zero-order valence-corrected chi connectivity index (χ0v) is 22.8. The second-order valence-electron chi connectivity index (χ2n) is 9.73. The van der Waals surface area contributed by atoms with E-state index < -0.39 is 0 Å². The van der Waals surface area contributed by atoms with Gasteiger partial charge in [-0.2, -0.15) is 0 Å². The first-order valence-electron chi connectivity index (χ1n) is 13.4.